The molecular weight excluding hydrogens is 294 g/mol. The Morgan fingerprint density at radius 3 is 3.17 bits per heavy atom. The number of hydrogen-bond acceptors (Lipinski definition) is 5. The third kappa shape index (κ3) is 3.53. The zero-order valence-electron chi connectivity index (χ0n) is 13.9. The van der Waals surface area contributed by atoms with Crippen LogP contribution in [0.25, 0.3) is 0 Å². The number of aromatic nitrogens is 2. The topological polar surface area (TPSA) is 64.6 Å². The fraction of sp³-hybridized carbons (Fsp3) is 0.706. The second-order valence-corrected chi connectivity index (χ2v) is 6.80. The second kappa shape index (κ2) is 6.93. The lowest BCUT2D eigenvalue weighted by Crippen LogP contribution is -2.58. The van der Waals surface area contributed by atoms with E-state index in [9.17, 15) is 4.79 Å². The van der Waals surface area contributed by atoms with Crippen LogP contribution >= 0.6 is 0 Å². The Bertz CT molecular complexity index is 537. The minimum Gasteiger partial charge on any atom is -0.378 e. The van der Waals surface area contributed by atoms with Crippen LogP contribution < -0.4 is 0 Å². The SMILES string of the molecule is CC(C)OCC12CCCOC1CCN(C(=O)c1ccncn1)C2. The molecule has 3 heterocycles. The van der Waals surface area contributed by atoms with Crippen molar-refractivity contribution in [1.29, 1.82) is 0 Å². The molecule has 3 rings (SSSR count). The van der Waals surface area contributed by atoms with E-state index in [4.69, 9.17) is 9.47 Å². The van der Waals surface area contributed by atoms with Crippen molar-refractivity contribution in [2.45, 2.75) is 45.3 Å². The number of likely N-dealkylation sites (tertiary alicyclic amines) is 1. The number of amides is 1. The molecule has 0 aliphatic carbocycles. The first-order valence-electron chi connectivity index (χ1n) is 8.39. The van der Waals surface area contributed by atoms with Crippen LogP contribution in [-0.4, -0.2) is 59.3 Å². The number of carbonyl (C=O) groups excluding carboxylic acids is 1. The van der Waals surface area contributed by atoms with Crippen LogP contribution in [0.1, 0.15) is 43.6 Å². The summed E-state index contributed by atoms with van der Waals surface area (Å²) in [5.74, 6) is -0.0275. The van der Waals surface area contributed by atoms with Crippen molar-refractivity contribution in [3.63, 3.8) is 0 Å². The molecule has 1 aromatic heterocycles. The number of piperidine rings is 1. The number of carbonyl (C=O) groups is 1. The van der Waals surface area contributed by atoms with Crippen molar-refractivity contribution in [2.75, 3.05) is 26.3 Å². The Morgan fingerprint density at radius 2 is 2.43 bits per heavy atom. The minimum atomic E-state index is -0.0938. The van der Waals surface area contributed by atoms with Crippen molar-refractivity contribution in [3.05, 3.63) is 24.3 Å². The first-order valence-corrected chi connectivity index (χ1v) is 8.39. The van der Waals surface area contributed by atoms with E-state index in [1.165, 1.54) is 6.33 Å². The predicted molar refractivity (Wildman–Crippen MR) is 85.0 cm³/mol. The van der Waals surface area contributed by atoms with Crippen LogP contribution in [0.2, 0.25) is 0 Å². The van der Waals surface area contributed by atoms with E-state index in [0.29, 0.717) is 25.4 Å². The van der Waals surface area contributed by atoms with Crippen molar-refractivity contribution in [2.24, 2.45) is 5.41 Å². The first kappa shape index (κ1) is 16.3. The maximum absolute atomic E-state index is 12.7. The third-order valence-corrected chi connectivity index (χ3v) is 4.78. The number of fused-ring (bicyclic) bond motifs is 1. The molecule has 6 heteroatoms. The van der Waals surface area contributed by atoms with Gasteiger partial charge in [-0.25, -0.2) is 9.97 Å². The van der Waals surface area contributed by atoms with Gasteiger partial charge in [-0.3, -0.25) is 4.79 Å². The molecule has 0 N–H and O–H groups in total. The normalized spacial score (nSPS) is 27.8. The summed E-state index contributed by atoms with van der Waals surface area (Å²) < 4.78 is 11.9. The Kier molecular flexibility index (Phi) is 4.92. The van der Waals surface area contributed by atoms with Gasteiger partial charge in [-0.15, -0.1) is 0 Å². The average Bonchev–Trinajstić information content (AvgIpc) is 2.59. The molecular formula is C17H25N3O3. The summed E-state index contributed by atoms with van der Waals surface area (Å²) in [5, 5.41) is 0. The monoisotopic (exact) mass is 319 g/mol. The lowest BCUT2D eigenvalue weighted by atomic mass is 9.73. The van der Waals surface area contributed by atoms with Crippen LogP contribution in [0.3, 0.4) is 0 Å². The molecule has 1 aromatic rings. The van der Waals surface area contributed by atoms with Gasteiger partial charge in [0, 0.05) is 31.3 Å². The van der Waals surface area contributed by atoms with Gasteiger partial charge in [0.25, 0.3) is 5.91 Å². The molecule has 0 bridgehead atoms. The Hall–Kier alpha value is -1.53. The third-order valence-electron chi connectivity index (χ3n) is 4.78. The molecule has 23 heavy (non-hydrogen) atoms. The summed E-state index contributed by atoms with van der Waals surface area (Å²) in [5.41, 5.74) is 0.360. The van der Waals surface area contributed by atoms with Crippen molar-refractivity contribution in [1.82, 2.24) is 14.9 Å². The maximum atomic E-state index is 12.7. The van der Waals surface area contributed by atoms with E-state index in [1.54, 1.807) is 12.3 Å². The lowest BCUT2D eigenvalue weighted by Gasteiger charge is -2.50. The zero-order chi connectivity index (χ0) is 16.3. The summed E-state index contributed by atoms with van der Waals surface area (Å²) in [6.07, 6.45) is 6.31. The molecule has 2 saturated heterocycles. The molecule has 126 valence electrons. The fourth-order valence-electron chi connectivity index (χ4n) is 3.59. The minimum absolute atomic E-state index is 0.0275. The smallest absolute Gasteiger partial charge is 0.272 e. The van der Waals surface area contributed by atoms with Gasteiger partial charge in [0.05, 0.1) is 18.8 Å². The highest BCUT2D eigenvalue weighted by atomic mass is 16.5. The highest BCUT2D eigenvalue weighted by molar-refractivity contribution is 5.92. The van der Waals surface area contributed by atoms with E-state index in [-0.39, 0.29) is 23.5 Å². The van der Waals surface area contributed by atoms with E-state index >= 15 is 0 Å². The molecule has 0 radical (unpaired) electrons. The molecule has 0 spiro atoms. The Balaban J connectivity index is 1.76. The van der Waals surface area contributed by atoms with Gasteiger partial charge in [0.2, 0.25) is 0 Å². The van der Waals surface area contributed by atoms with Crippen molar-refractivity contribution in [3.8, 4) is 0 Å². The summed E-state index contributed by atoms with van der Waals surface area (Å²) in [6, 6.07) is 1.67. The van der Waals surface area contributed by atoms with Crippen LogP contribution in [0.4, 0.5) is 0 Å². The molecule has 1 amide bonds. The quantitative estimate of drug-likeness (QED) is 0.848. The Labute approximate surface area is 137 Å². The summed E-state index contributed by atoms with van der Waals surface area (Å²) in [7, 11) is 0. The summed E-state index contributed by atoms with van der Waals surface area (Å²) in [6.45, 7) is 6.92. The van der Waals surface area contributed by atoms with Gasteiger partial charge in [0.15, 0.2) is 0 Å². The van der Waals surface area contributed by atoms with Crippen LogP contribution in [0.15, 0.2) is 18.6 Å². The molecule has 2 aliphatic heterocycles. The first-order chi connectivity index (χ1) is 11.1. The zero-order valence-corrected chi connectivity index (χ0v) is 13.9. The molecule has 2 unspecified atom stereocenters. The van der Waals surface area contributed by atoms with E-state index in [2.05, 4.69) is 9.97 Å². The van der Waals surface area contributed by atoms with E-state index in [0.717, 1.165) is 25.9 Å². The molecule has 0 aromatic carbocycles. The van der Waals surface area contributed by atoms with Gasteiger partial charge in [-0.1, -0.05) is 0 Å². The van der Waals surface area contributed by atoms with Gasteiger partial charge in [0.1, 0.15) is 12.0 Å². The number of ether oxygens (including phenoxy) is 2. The summed E-state index contributed by atoms with van der Waals surface area (Å²) in [4.78, 5) is 22.6. The van der Waals surface area contributed by atoms with E-state index < -0.39 is 0 Å². The predicted octanol–water partition coefficient (Wildman–Crippen LogP) is 1.91. The molecule has 2 fully saturated rings. The van der Waals surface area contributed by atoms with Crippen LogP contribution in [0.5, 0.6) is 0 Å². The highest BCUT2D eigenvalue weighted by Crippen LogP contribution is 2.41. The van der Waals surface area contributed by atoms with Gasteiger partial charge in [-0.2, -0.15) is 0 Å². The van der Waals surface area contributed by atoms with Crippen LogP contribution in [-0.2, 0) is 9.47 Å². The average molecular weight is 319 g/mol. The highest BCUT2D eigenvalue weighted by Gasteiger charge is 2.47. The molecule has 6 nitrogen and oxygen atoms in total. The second-order valence-electron chi connectivity index (χ2n) is 6.80. The molecule has 0 saturated carbocycles. The number of nitrogens with zero attached hydrogens (tertiary/aromatic N) is 3. The van der Waals surface area contributed by atoms with Crippen LogP contribution in [0, 0.1) is 5.41 Å². The van der Waals surface area contributed by atoms with E-state index in [1.807, 2.05) is 18.7 Å². The fourth-order valence-corrected chi connectivity index (χ4v) is 3.59. The van der Waals surface area contributed by atoms with Gasteiger partial charge >= 0.3 is 0 Å². The largest absolute Gasteiger partial charge is 0.378 e. The Morgan fingerprint density at radius 1 is 1.57 bits per heavy atom. The standard InChI is InChI=1S/C17H25N3O3/c1-13(2)23-11-17-6-3-9-22-15(17)5-8-20(10-17)16(21)14-4-7-18-12-19-14/h4,7,12-13,15H,3,5-6,8-11H2,1-2H3. The number of hydrogen-bond donors (Lipinski definition) is 0. The molecule has 2 atom stereocenters. The number of rotatable bonds is 4. The van der Waals surface area contributed by atoms with Crippen molar-refractivity contribution < 1.29 is 14.3 Å². The molecule has 2 aliphatic rings. The van der Waals surface area contributed by atoms with Gasteiger partial charge < -0.3 is 14.4 Å². The lowest BCUT2D eigenvalue weighted by molar-refractivity contribution is -0.152. The maximum Gasteiger partial charge on any atom is 0.272 e. The summed E-state index contributed by atoms with van der Waals surface area (Å²) >= 11 is 0. The van der Waals surface area contributed by atoms with Gasteiger partial charge in [-0.05, 0) is 39.2 Å². The van der Waals surface area contributed by atoms with Crippen molar-refractivity contribution >= 4 is 5.91 Å².